The molecule has 35 heavy (non-hydrogen) atoms. The number of methoxy groups -OCH3 is 1. The summed E-state index contributed by atoms with van der Waals surface area (Å²) in [6.07, 6.45) is 3.59. The van der Waals surface area contributed by atoms with Crippen molar-refractivity contribution in [1.29, 1.82) is 0 Å². The third kappa shape index (κ3) is 4.09. The number of hydrogen-bond acceptors (Lipinski definition) is 4. The lowest BCUT2D eigenvalue weighted by molar-refractivity contribution is 0.144. The molecule has 3 heterocycles. The van der Waals surface area contributed by atoms with Crippen LogP contribution in [0, 0.1) is 5.82 Å². The van der Waals surface area contributed by atoms with Gasteiger partial charge in [0, 0.05) is 52.0 Å². The van der Waals surface area contributed by atoms with Gasteiger partial charge in [-0.25, -0.2) is 4.39 Å². The molecule has 0 spiro atoms. The molecule has 8 heteroatoms. The lowest BCUT2D eigenvalue weighted by Crippen LogP contribution is -2.27. The van der Waals surface area contributed by atoms with Gasteiger partial charge < -0.3 is 13.9 Å². The van der Waals surface area contributed by atoms with E-state index in [1.807, 2.05) is 12.1 Å². The van der Waals surface area contributed by atoms with Crippen molar-refractivity contribution < 1.29 is 13.7 Å². The first-order valence-corrected chi connectivity index (χ1v) is 14.0. The minimum absolute atomic E-state index is 0.288. The van der Waals surface area contributed by atoms with Gasteiger partial charge in [-0.15, -0.1) is 0 Å². The maximum Gasteiger partial charge on any atom is 0.127 e. The molecule has 180 valence electrons. The summed E-state index contributed by atoms with van der Waals surface area (Å²) < 4.78 is 34.3. The zero-order chi connectivity index (χ0) is 25.0. The van der Waals surface area contributed by atoms with Crippen molar-refractivity contribution in [1.82, 2.24) is 19.7 Å². The van der Waals surface area contributed by atoms with Gasteiger partial charge in [-0.05, 0) is 55.8 Å². The average molecular weight is 491 g/mol. The Kier molecular flexibility index (Phi) is 5.65. The molecule has 1 N–H and O–H groups in total. The molecule has 0 aliphatic carbocycles. The van der Waals surface area contributed by atoms with E-state index in [-0.39, 0.29) is 5.82 Å². The number of H-pyrrole nitrogens is 1. The second-order valence-corrected chi connectivity index (χ2v) is 13.1. The Labute approximate surface area is 203 Å². The molecule has 0 fully saturated rings. The first kappa shape index (κ1) is 23.5. The third-order valence-electron chi connectivity index (χ3n) is 6.35. The van der Waals surface area contributed by atoms with E-state index in [1.165, 1.54) is 12.1 Å². The number of benzene rings is 2. The summed E-state index contributed by atoms with van der Waals surface area (Å²) in [6, 6.07) is 14.5. The molecule has 0 radical (unpaired) electrons. The van der Waals surface area contributed by atoms with Crippen LogP contribution in [-0.2, 0) is 14.7 Å². The molecule has 2 aromatic carbocycles. The Bertz CT molecular complexity index is 1580. The third-order valence-corrected chi connectivity index (χ3v) is 7.71. The fourth-order valence-corrected chi connectivity index (χ4v) is 5.57. The molecule has 5 aromatic rings. The van der Waals surface area contributed by atoms with Crippen LogP contribution < -0.4 is 5.44 Å². The molecule has 6 nitrogen and oxygen atoms in total. The standard InChI is InChI=1S/C27H28FN4O2P/c1-27(2,16-34-3)26-25(17-6-11-24(29-14-17)35(4,5)33)21-13-22-18(15-30-31-22)12-23(21)32(26)20-9-7-19(28)8-10-20/h6-15H,16H2,1-5H3,(H,30,31). The SMILES string of the molecule is COCC(C)(C)c1c(-c2ccc(P(C)(C)=O)nc2)c2cc3[nH]ncc3cc2n1-c1ccc(F)cc1. The van der Waals surface area contributed by atoms with Crippen LogP contribution in [0.15, 0.2) is 60.9 Å². The molecule has 5 rings (SSSR count). The summed E-state index contributed by atoms with van der Waals surface area (Å²) in [5.74, 6) is -0.288. The maximum absolute atomic E-state index is 13.9. The van der Waals surface area contributed by atoms with E-state index in [2.05, 4.69) is 45.7 Å². The Balaban J connectivity index is 1.92. The number of aromatic nitrogens is 4. The molecule has 0 aliphatic heterocycles. The van der Waals surface area contributed by atoms with Crippen LogP contribution in [0.4, 0.5) is 4.39 Å². The topological polar surface area (TPSA) is 72.8 Å². The minimum Gasteiger partial charge on any atom is -0.384 e. The predicted octanol–water partition coefficient (Wildman–Crippen LogP) is 5.88. The van der Waals surface area contributed by atoms with E-state index in [4.69, 9.17) is 4.74 Å². The van der Waals surface area contributed by atoms with Crippen molar-refractivity contribution in [3.8, 4) is 16.8 Å². The van der Waals surface area contributed by atoms with Crippen LogP contribution in [0.3, 0.4) is 0 Å². The molecule has 0 unspecified atom stereocenters. The molecule has 3 aromatic heterocycles. The van der Waals surface area contributed by atoms with Gasteiger partial charge in [0.15, 0.2) is 0 Å². The largest absolute Gasteiger partial charge is 0.384 e. The van der Waals surface area contributed by atoms with Gasteiger partial charge in [-0.3, -0.25) is 10.1 Å². The van der Waals surface area contributed by atoms with Crippen molar-refractivity contribution in [2.24, 2.45) is 0 Å². The van der Waals surface area contributed by atoms with Gasteiger partial charge in [0.1, 0.15) is 13.0 Å². The molecule has 0 amide bonds. The summed E-state index contributed by atoms with van der Waals surface area (Å²) in [6.45, 7) is 8.18. The molecule has 0 saturated carbocycles. The summed E-state index contributed by atoms with van der Waals surface area (Å²) in [4.78, 5) is 4.57. The van der Waals surface area contributed by atoms with Gasteiger partial charge in [-0.1, -0.05) is 19.9 Å². The number of halogens is 1. The van der Waals surface area contributed by atoms with Crippen LogP contribution in [0.1, 0.15) is 19.5 Å². The normalized spacial score (nSPS) is 12.6. The predicted molar refractivity (Wildman–Crippen MR) is 140 cm³/mol. The fraction of sp³-hybridized carbons (Fsp3) is 0.259. The number of pyridine rings is 1. The van der Waals surface area contributed by atoms with Crippen molar-refractivity contribution in [2.45, 2.75) is 19.3 Å². The van der Waals surface area contributed by atoms with Gasteiger partial charge >= 0.3 is 0 Å². The Morgan fingerprint density at radius 2 is 1.83 bits per heavy atom. The van der Waals surface area contributed by atoms with Crippen molar-refractivity contribution in [3.63, 3.8) is 0 Å². The average Bonchev–Trinajstić information content (AvgIpc) is 3.40. The van der Waals surface area contributed by atoms with Crippen molar-refractivity contribution in [2.75, 3.05) is 27.0 Å². The van der Waals surface area contributed by atoms with Crippen LogP contribution in [0.5, 0.6) is 0 Å². The second kappa shape index (κ2) is 8.43. The number of fused-ring (bicyclic) bond motifs is 2. The van der Waals surface area contributed by atoms with Crippen LogP contribution in [-0.4, -0.2) is 46.8 Å². The zero-order valence-electron chi connectivity index (χ0n) is 20.5. The number of nitrogens with zero attached hydrogens (tertiary/aromatic N) is 3. The van der Waals surface area contributed by atoms with Crippen molar-refractivity contribution >= 4 is 34.4 Å². The van der Waals surface area contributed by atoms with E-state index in [1.54, 1.807) is 45.0 Å². The molecular formula is C27H28FN4O2P. The van der Waals surface area contributed by atoms with Crippen molar-refractivity contribution in [3.05, 3.63) is 72.4 Å². The number of ether oxygens (including phenoxy) is 1. The van der Waals surface area contributed by atoms with E-state index in [0.717, 1.165) is 44.3 Å². The van der Waals surface area contributed by atoms with E-state index in [0.29, 0.717) is 12.0 Å². The minimum atomic E-state index is -2.49. The summed E-state index contributed by atoms with van der Waals surface area (Å²) >= 11 is 0. The van der Waals surface area contributed by atoms with Crippen LogP contribution in [0.25, 0.3) is 38.6 Å². The molecule has 0 atom stereocenters. The number of hydrogen-bond donors (Lipinski definition) is 1. The number of nitrogens with one attached hydrogen (secondary N) is 1. The molecule has 0 bridgehead atoms. The fourth-order valence-electron chi connectivity index (χ4n) is 4.80. The Hall–Kier alpha value is -3.28. The second-order valence-electron chi connectivity index (χ2n) is 9.93. The van der Waals surface area contributed by atoms with Gasteiger partial charge in [0.05, 0.1) is 29.3 Å². The molecule has 0 aliphatic rings. The van der Waals surface area contributed by atoms with Gasteiger partial charge in [0.25, 0.3) is 0 Å². The quantitative estimate of drug-likeness (QED) is 0.302. The highest BCUT2D eigenvalue weighted by molar-refractivity contribution is 7.69. The summed E-state index contributed by atoms with van der Waals surface area (Å²) in [7, 11) is -0.797. The highest BCUT2D eigenvalue weighted by atomic mass is 31.2. The van der Waals surface area contributed by atoms with Crippen LogP contribution >= 0.6 is 7.14 Å². The maximum atomic E-state index is 13.9. The molecular weight excluding hydrogens is 462 g/mol. The summed E-state index contributed by atoms with van der Waals surface area (Å²) in [5, 5.41) is 9.27. The van der Waals surface area contributed by atoms with E-state index < -0.39 is 12.6 Å². The van der Waals surface area contributed by atoms with E-state index in [9.17, 15) is 8.96 Å². The lowest BCUT2D eigenvalue weighted by atomic mass is 9.85. The lowest BCUT2D eigenvalue weighted by Gasteiger charge is -2.28. The monoisotopic (exact) mass is 490 g/mol. The zero-order valence-corrected chi connectivity index (χ0v) is 21.4. The van der Waals surface area contributed by atoms with Gasteiger partial charge in [-0.2, -0.15) is 5.10 Å². The summed E-state index contributed by atoms with van der Waals surface area (Å²) in [5.41, 5.74) is 5.86. The van der Waals surface area contributed by atoms with E-state index >= 15 is 0 Å². The Morgan fingerprint density at radius 1 is 1.09 bits per heavy atom. The Morgan fingerprint density at radius 3 is 2.46 bits per heavy atom. The highest BCUT2D eigenvalue weighted by Gasteiger charge is 2.32. The van der Waals surface area contributed by atoms with Gasteiger partial charge in [0.2, 0.25) is 0 Å². The number of rotatable bonds is 6. The van der Waals surface area contributed by atoms with Crippen LogP contribution in [0.2, 0.25) is 0 Å². The first-order chi connectivity index (χ1) is 16.6. The highest BCUT2D eigenvalue weighted by Crippen LogP contribution is 2.44. The number of aromatic amines is 1. The first-order valence-electron chi connectivity index (χ1n) is 11.4. The smallest absolute Gasteiger partial charge is 0.127 e. The molecule has 0 saturated heterocycles.